The van der Waals surface area contributed by atoms with Crippen LogP contribution in [-0.4, -0.2) is 41.2 Å². The number of hydrogen-bond acceptors (Lipinski definition) is 4. The number of rotatable bonds is 8. The lowest BCUT2D eigenvalue weighted by molar-refractivity contribution is -0.122. The number of nitrogens with one attached hydrogen (secondary N) is 1. The van der Waals surface area contributed by atoms with Gasteiger partial charge in [0.2, 0.25) is 5.91 Å². The van der Waals surface area contributed by atoms with Crippen molar-refractivity contribution in [3.05, 3.63) is 0 Å². The van der Waals surface area contributed by atoms with Gasteiger partial charge in [0.15, 0.2) is 0 Å². The lowest BCUT2D eigenvalue weighted by atomic mass is 10.1. The van der Waals surface area contributed by atoms with Crippen LogP contribution in [0.4, 0.5) is 0 Å². The van der Waals surface area contributed by atoms with E-state index >= 15 is 0 Å². The first-order chi connectivity index (χ1) is 6.56. The lowest BCUT2D eigenvalue weighted by Crippen LogP contribution is -2.55. The SMILES string of the molecule is CCNC(C)(CSCCCO)C(N)=O. The quantitative estimate of drug-likeness (QED) is 0.502. The van der Waals surface area contributed by atoms with Gasteiger partial charge in [0.1, 0.15) is 5.54 Å². The van der Waals surface area contributed by atoms with Crippen molar-refractivity contribution < 1.29 is 9.90 Å². The van der Waals surface area contributed by atoms with Crippen molar-refractivity contribution in [1.82, 2.24) is 5.32 Å². The number of aliphatic hydroxyl groups is 1. The molecule has 4 nitrogen and oxygen atoms in total. The Balaban J connectivity index is 3.90. The highest BCUT2D eigenvalue weighted by atomic mass is 32.2. The highest BCUT2D eigenvalue weighted by Crippen LogP contribution is 2.13. The molecule has 0 heterocycles. The summed E-state index contributed by atoms with van der Waals surface area (Å²) < 4.78 is 0. The average Bonchev–Trinajstić information content (AvgIpc) is 2.13. The Morgan fingerprint density at radius 3 is 2.71 bits per heavy atom. The molecule has 4 N–H and O–H groups in total. The van der Waals surface area contributed by atoms with Crippen molar-refractivity contribution in [3.63, 3.8) is 0 Å². The molecule has 0 aliphatic carbocycles. The summed E-state index contributed by atoms with van der Waals surface area (Å²) in [4.78, 5) is 11.2. The zero-order valence-electron chi connectivity index (χ0n) is 8.88. The molecular weight excluding hydrogens is 200 g/mol. The van der Waals surface area contributed by atoms with Crippen LogP contribution in [0.25, 0.3) is 0 Å². The van der Waals surface area contributed by atoms with E-state index in [1.807, 2.05) is 13.8 Å². The van der Waals surface area contributed by atoms with Crippen LogP contribution in [0.1, 0.15) is 20.3 Å². The van der Waals surface area contributed by atoms with E-state index in [1.54, 1.807) is 11.8 Å². The summed E-state index contributed by atoms with van der Waals surface area (Å²) in [6, 6.07) is 0. The fourth-order valence-electron chi connectivity index (χ4n) is 1.04. The maximum absolute atomic E-state index is 11.2. The zero-order valence-corrected chi connectivity index (χ0v) is 9.69. The van der Waals surface area contributed by atoms with Crippen LogP contribution in [-0.2, 0) is 4.79 Å². The summed E-state index contributed by atoms with van der Waals surface area (Å²) in [5.74, 6) is 1.18. The second-order valence-corrected chi connectivity index (χ2v) is 4.46. The summed E-state index contributed by atoms with van der Waals surface area (Å²) in [5, 5.41) is 11.7. The van der Waals surface area contributed by atoms with Crippen LogP contribution in [0.2, 0.25) is 0 Å². The number of carbonyl (C=O) groups excluding carboxylic acids is 1. The molecule has 1 unspecified atom stereocenters. The highest BCUT2D eigenvalue weighted by Gasteiger charge is 2.29. The molecule has 84 valence electrons. The number of carbonyl (C=O) groups is 1. The monoisotopic (exact) mass is 220 g/mol. The third-order valence-corrected chi connectivity index (χ3v) is 3.31. The average molecular weight is 220 g/mol. The first kappa shape index (κ1) is 13.7. The van der Waals surface area contributed by atoms with Gasteiger partial charge in [0.05, 0.1) is 0 Å². The van der Waals surface area contributed by atoms with Gasteiger partial charge in [-0.25, -0.2) is 0 Å². The van der Waals surface area contributed by atoms with Gasteiger partial charge in [0.25, 0.3) is 0 Å². The molecule has 14 heavy (non-hydrogen) atoms. The van der Waals surface area contributed by atoms with Crippen LogP contribution >= 0.6 is 11.8 Å². The highest BCUT2D eigenvalue weighted by molar-refractivity contribution is 7.99. The minimum absolute atomic E-state index is 0.196. The predicted molar refractivity (Wildman–Crippen MR) is 60.3 cm³/mol. The molecule has 1 amide bonds. The van der Waals surface area contributed by atoms with E-state index in [0.717, 1.165) is 18.7 Å². The Morgan fingerprint density at radius 1 is 1.64 bits per heavy atom. The lowest BCUT2D eigenvalue weighted by Gasteiger charge is -2.26. The van der Waals surface area contributed by atoms with Gasteiger partial charge in [-0.05, 0) is 25.6 Å². The molecule has 5 heteroatoms. The van der Waals surface area contributed by atoms with Gasteiger partial charge in [-0.3, -0.25) is 4.79 Å². The number of primary amides is 1. The number of aliphatic hydroxyl groups excluding tert-OH is 1. The van der Waals surface area contributed by atoms with Gasteiger partial charge in [-0.1, -0.05) is 6.92 Å². The molecule has 1 atom stereocenters. The van der Waals surface area contributed by atoms with Gasteiger partial charge < -0.3 is 16.2 Å². The van der Waals surface area contributed by atoms with Crippen molar-refractivity contribution in [2.75, 3.05) is 24.7 Å². The van der Waals surface area contributed by atoms with Crippen molar-refractivity contribution >= 4 is 17.7 Å². The third-order valence-electron chi connectivity index (χ3n) is 1.95. The molecule has 0 fully saturated rings. The molecule has 0 radical (unpaired) electrons. The molecule has 0 spiro atoms. The van der Waals surface area contributed by atoms with Gasteiger partial charge in [-0.15, -0.1) is 0 Å². The largest absolute Gasteiger partial charge is 0.396 e. The molecule has 0 saturated carbocycles. The van der Waals surface area contributed by atoms with E-state index in [0.29, 0.717) is 5.75 Å². The van der Waals surface area contributed by atoms with Crippen molar-refractivity contribution in [2.45, 2.75) is 25.8 Å². The standard InChI is InChI=1S/C9H20N2O2S/c1-3-11-9(2,8(10)13)7-14-6-4-5-12/h11-12H,3-7H2,1-2H3,(H2,10,13). The van der Waals surface area contributed by atoms with E-state index in [9.17, 15) is 4.79 Å². The number of amides is 1. The summed E-state index contributed by atoms with van der Waals surface area (Å²) >= 11 is 1.63. The fraction of sp³-hybridized carbons (Fsp3) is 0.889. The van der Waals surface area contributed by atoms with E-state index < -0.39 is 5.54 Å². The number of nitrogens with two attached hydrogens (primary N) is 1. The van der Waals surface area contributed by atoms with Crippen LogP contribution in [0.15, 0.2) is 0 Å². The van der Waals surface area contributed by atoms with E-state index in [4.69, 9.17) is 10.8 Å². The molecule has 0 rings (SSSR count). The second-order valence-electron chi connectivity index (χ2n) is 3.36. The molecular formula is C9H20N2O2S. The zero-order chi connectivity index (χ0) is 11.0. The second kappa shape index (κ2) is 7.09. The summed E-state index contributed by atoms with van der Waals surface area (Å²) in [6.45, 7) is 4.67. The molecule has 0 aromatic heterocycles. The van der Waals surface area contributed by atoms with Gasteiger partial charge in [0, 0.05) is 12.4 Å². The predicted octanol–water partition coefficient (Wildman–Crippen LogP) is -0.0445. The summed E-state index contributed by atoms with van der Waals surface area (Å²) in [7, 11) is 0. The normalized spacial score (nSPS) is 15.1. The van der Waals surface area contributed by atoms with Gasteiger partial charge >= 0.3 is 0 Å². The van der Waals surface area contributed by atoms with Crippen molar-refractivity contribution in [1.29, 1.82) is 0 Å². The van der Waals surface area contributed by atoms with Crippen LogP contribution in [0, 0.1) is 0 Å². The maximum atomic E-state index is 11.2. The number of likely N-dealkylation sites (N-methyl/N-ethyl adjacent to an activating group) is 1. The Labute approximate surface area is 89.6 Å². The Morgan fingerprint density at radius 2 is 2.29 bits per heavy atom. The van der Waals surface area contributed by atoms with Crippen LogP contribution in [0.3, 0.4) is 0 Å². The molecule has 0 saturated heterocycles. The summed E-state index contributed by atoms with van der Waals surface area (Å²) in [5.41, 5.74) is 4.68. The van der Waals surface area contributed by atoms with Crippen molar-refractivity contribution in [3.8, 4) is 0 Å². The van der Waals surface area contributed by atoms with E-state index in [2.05, 4.69) is 5.32 Å². The first-order valence-electron chi connectivity index (χ1n) is 4.80. The minimum atomic E-state index is -0.630. The molecule has 0 aromatic rings. The van der Waals surface area contributed by atoms with Crippen LogP contribution in [0.5, 0.6) is 0 Å². The molecule has 0 aromatic carbocycles. The number of thioether (sulfide) groups is 1. The maximum Gasteiger partial charge on any atom is 0.238 e. The minimum Gasteiger partial charge on any atom is -0.396 e. The van der Waals surface area contributed by atoms with E-state index in [-0.39, 0.29) is 12.5 Å². The van der Waals surface area contributed by atoms with E-state index in [1.165, 1.54) is 0 Å². The first-order valence-corrected chi connectivity index (χ1v) is 5.96. The Kier molecular flexibility index (Phi) is 6.96. The third kappa shape index (κ3) is 4.83. The Bertz CT molecular complexity index is 178. The molecule has 0 aliphatic heterocycles. The summed E-state index contributed by atoms with van der Waals surface area (Å²) in [6.07, 6.45) is 0.756. The fourth-order valence-corrected chi connectivity index (χ4v) is 2.17. The topological polar surface area (TPSA) is 75.3 Å². The molecule has 0 aliphatic rings. The van der Waals surface area contributed by atoms with Crippen molar-refractivity contribution in [2.24, 2.45) is 5.73 Å². The Hall–Kier alpha value is -0.260. The smallest absolute Gasteiger partial charge is 0.238 e. The van der Waals surface area contributed by atoms with Crippen LogP contribution < -0.4 is 11.1 Å². The number of hydrogen-bond donors (Lipinski definition) is 3. The van der Waals surface area contributed by atoms with Gasteiger partial charge in [-0.2, -0.15) is 11.8 Å². The molecule has 0 bridgehead atoms.